The van der Waals surface area contributed by atoms with Gasteiger partial charge in [0, 0.05) is 0 Å². The van der Waals surface area contributed by atoms with Crippen molar-refractivity contribution in [2.75, 3.05) is 5.32 Å². The van der Waals surface area contributed by atoms with Crippen molar-refractivity contribution in [2.45, 2.75) is 55.9 Å². The van der Waals surface area contributed by atoms with E-state index in [9.17, 15) is 15.3 Å². The molecule has 9 heteroatoms. The highest BCUT2D eigenvalue weighted by Gasteiger charge is 2.43. The van der Waals surface area contributed by atoms with Crippen LogP contribution in [0.4, 0.5) is 5.82 Å². The molecule has 0 bridgehead atoms. The van der Waals surface area contributed by atoms with Crippen molar-refractivity contribution in [2.24, 2.45) is 0 Å². The summed E-state index contributed by atoms with van der Waals surface area (Å²) < 4.78 is 7.07. The van der Waals surface area contributed by atoms with Gasteiger partial charge in [-0.2, -0.15) is 0 Å². The maximum absolute atomic E-state index is 10.2. The lowest BCUT2D eigenvalue weighted by Gasteiger charge is -2.18. The van der Waals surface area contributed by atoms with E-state index in [1.54, 1.807) is 0 Å². The summed E-state index contributed by atoms with van der Waals surface area (Å²) in [5, 5.41) is 33.4. The van der Waals surface area contributed by atoms with Gasteiger partial charge in [-0.1, -0.05) is 5.92 Å². The summed E-state index contributed by atoms with van der Waals surface area (Å²) in [5.41, 5.74) is 0.940. The molecule has 6 atom stereocenters. The van der Waals surface area contributed by atoms with E-state index in [1.807, 2.05) is 0 Å². The van der Waals surface area contributed by atoms with Gasteiger partial charge in [0.1, 0.15) is 24.6 Å². The standard InChI is InChI=1S/C16H19N5O4/c1-2-10-12(23)13(24)16(25-10)21-7-19-11-14(17-6-18-15(11)21)20-8-4-3-5-9(8)22/h1,6-10,12-13,16,22-24H,3-5H2,(H,17,18,20)/t8?,9?,10-,12-,13-,16-/m1/s1. The number of terminal acetylenes is 1. The number of aliphatic hydroxyl groups is 3. The van der Waals surface area contributed by atoms with Crippen LogP contribution < -0.4 is 5.32 Å². The molecule has 4 N–H and O–H groups in total. The zero-order valence-corrected chi connectivity index (χ0v) is 13.4. The van der Waals surface area contributed by atoms with Gasteiger partial charge in [-0.15, -0.1) is 6.42 Å². The highest BCUT2D eigenvalue weighted by molar-refractivity contribution is 5.82. The molecule has 2 unspecified atom stereocenters. The number of imidazole rings is 1. The number of anilines is 1. The SMILES string of the molecule is C#C[C@H]1O[C@@H](n2cnc3c(NC4CCCC4O)ncnc32)[C@H](O)[C@@H]1O. The molecule has 4 rings (SSSR count). The number of nitrogens with zero attached hydrogens (tertiary/aromatic N) is 4. The first kappa shape index (κ1) is 16.2. The predicted octanol–water partition coefficient (Wildman–Crippen LogP) is -0.596. The Balaban J connectivity index is 1.66. The third-order valence-electron chi connectivity index (χ3n) is 4.84. The Morgan fingerprint density at radius 3 is 2.72 bits per heavy atom. The van der Waals surface area contributed by atoms with Crippen LogP contribution in [0.15, 0.2) is 12.7 Å². The Hall–Kier alpha value is -2.25. The molecule has 132 valence electrons. The van der Waals surface area contributed by atoms with Crippen molar-refractivity contribution in [1.82, 2.24) is 19.5 Å². The fourth-order valence-electron chi connectivity index (χ4n) is 3.46. The molecular weight excluding hydrogens is 326 g/mol. The van der Waals surface area contributed by atoms with E-state index in [0.717, 1.165) is 19.3 Å². The average molecular weight is 345 g/mol. The fourth-order valence-corrected chi connectivity index (χ4v) is 3.46. The monoisotopic (exact) mass is 345 g/mol. The fraction of sp³-hybridized carbons (Fsp3) is 0.562. The molecule has 3 heterocycles. The van der Waals surface area contributed by atoms with Crippen molar-refractivity contribution < 1.29 is 20.1 Å². The first-order valence-electron chi connectivity index (χ1n) is 8.20. The van der Waals surface area contributed by atoms with E-state index in [-0.39, 0.29) is 6.04 Å². The maximum atomic E-state index is 10.2. The van der Waals surface area contributed by atoms with Crippen LogP contribution in [0.3, 0.4) is 0 Å². The van der Waals surface area contributed by atoms with E-state index in [2.05, 4.69) is 26.2 Å². The van der Waals surface area contributed by atoms with Crippen molar-refractivity contribution in [3.8, 4) is 12.3 Å². The summed E-state index contributed by atoms with van der Waals surface area (Å²) in [6.07, 6.45) is 6.15. The summed E-state index contributed by atoms with van der Waals surface area (Å²) >= 11 is 0. The smallest absolute Gasteiger partial charge is 0.167 e. The molecular formula is C16H19N5O4. The number of aromatic nitrogens is 4. The number of rotatable bonds is 3. The van der Waals surface area contributed by atoms with Crippen LogP contribution in [-0.2, 0) is 4.74 Å². The van der Waals surface area contributed by atoms with Gasteiger partial charge in [0.25, 0.3) is 0 Å². The van der Waals surface area contributed by atoms with Gasteiger partial charge in [0.05, 0.1) is 18.5 Å². The van der Waals surface area contributed by atoms with Crippen LogP contribution in [0.2, 0.25) is 0 Å². The van der Waals surface area contributed by atoms with Crippen molar-refractivity contribution in [3.05, 3.63) is 12.7 Å². The summed E-state index contributed by atoms with van der Waals surface area (Å²) in [6, 6.07) is -0.0794. The number of hydrogen-bond acceptors (Lipinski definition) is 8. The minimum atomic E-state index is -1.19. The summed E-state index contributed by atoms with van der Waals surface area (Å²) in [7, 11) is 0. The molecule has 0 spiro atoms. The van der Waals surface area contributed by atoms with Crippen LogP contribution in [0, 0.1) is 12.3 Å². The third kappa shape index (κ3) is 2.63. The number of hydrogen-bond donors (Lipinski definition) is 4. The van der Waals surface area contributed by atoms with Crippen LogP contribution in [-0.4, -0.2) is 65.3 Å². The second kappa shape index (κ2) is 6.24. The maximum Gasteiger partial charge on any atom is 0.167 e. The van der Waals surface area contributed by atoms with Gasteiger partial charge in [-0.3, -0.25) is 4.57 Å². The van der Waals surface area contributed by atoms with Gasteiger partial charge < -0.3 is 25.4 Å². The molecule has 25 heavy (non-hydrogen) atoms. The molecule has 2 aliphatic rings. The van der Waals surface area contributed by atoms with Gasteiger partial charge in [0.2, 0.25) is 0 Å². The van der Waals surface area contributed by atoms with E-state index >= 15 is 0 Å². The van der Waals surface area contributed by atoms with Crippen LogP contribution in [0.5, 0.6) is 0 Å². The number of aliphatic hydroxyl groups excluding tert-OH is 3. The van der Waals surface area contributed by atoms with E-state index < -0.39 is 30.6 Å². The normalized spacial score (nSPS) is 35.1. The van der Waals surface area contributed by atoms with Crippen LogP contribution >= 0.6 is 0 Å². The largest absolute Gasteiger partial charge is 0.391 e. The highest BCUT2D eigenvalue weighted by atomic mass is 16.6. The number of nitrogens with one attached hydrogen (secondary N) is 1. The Morgan fingerprint density at radius 2 is 2.04 bits per heavy atom. The molecule has 1 aliphatic carbocycles. The molecule has 0 aromatic carbocycles. The van der Waals surface area contributed by atoms with Crippen LogP contribution in [0.1, 0.15) is 25.5 Å². The Labute approximate surface area is 143 Å². The average Bonchev–Trinajstić information content (AvgIpc) is 3.29. The molecule has 1 saturated heterocycles. The first-order valence-corrected chi connectivity index (χ1v) is 8.20. The van der Waals surface area contributed by atoms with Crippen molar-refractivity contribution in [3.63, 3.8) is 0 Å². The Bertz CT molecular complexity index is 818. The highest BCUT2D eigenvalue weighted by Crippen LogP contribution is 2.32. The molecule has 1 aliphatic heterocycles. The zero-order chi connectivity index (χ0) is 17.6. The summed E-state index contributed by atoms with van der Waals surface area (Å²) in [4.78, 5) is 12.7. The van der Waals surface area contributed by atoms with Crippen LogP contribution in [0.25, 0.3) is 11.2 Å². The molecule has 2 aromatic rings. The lowest BCUT2D eigenvalue weighted by atomic mass is 10.1. The molecule has 1 saturated carbocycles. The van der Waals surface area contributed by atoms with Gasteiger partial charge in [0.15, 0.2) is 23.2 Å². The minimum Gasteiger partial charge on any atom is -0.391 e. The second-order valence-electron chi connectivity index (χ2n) is 6.39. The summed E-state index contributed by atoms with van der Waals surface area (Å²) in [5.74, 6) is 2.82. The Kier molecular flexibility index (Phi) is 4.05. The molecule has 0 amide bonds. The number of fused-ring (bicyclic) bond motifs is 1. The van der Waals surface area contributed by atoms with Gasteiger partial charge >= 0.3 is 0 Å². The van der Waals surface area contributed by atoms with Gasteiger partial charge in [-0.05, 0) is 19.3 Å². The van der Waals surface area contributed by atoms with Crippen molar-refractivity contribution in [1.29, 1.82) is 0 Å². The quantitative estimate of drug-likeness (QED) is 0.544. The lowest BCUT2D eigenvalue weighted by Crippen LogP contribution is -2.30. The van der Waals surface area contributed by atoms with E-state index in [1.165, 1.54) is 17.2 Å². The van der Waals surface area contributed by atoms with Crippen molar-refractivity contribution >= 4 is 17.0 Å². The Morgan fingerprint density at radius 1 is 1.20 bits per heavy atom. The molecule has 2 fully saturated rings. The predicted molar refractivity (Wildman–Crippen MR) is 87.3 cm³/mol. The van der Waals surface area contributed by atoms with E-state index in [4.69, 9.17) is 11.2 Å². The second-order valence-corrected chi connectivity index (χ2v) is 6.39. The third-order valence-corrected chi connectivity index (χ3v) is 4.84. The minimum absolute atomic E-state index is 0.0794. The first-order chi connectivity index (χ1) is 12.1. The number of ether oxygens (including phenoxy) is 1. The molecule has 2 aromatic heterocycles. The lowest BCUT2D eigenvalue weighted by molar-refractivity contribution is -0.0230. The topological polar surface area (TPSA) is 126 Å². The van der Waals surface area contributed by atoms with E-state index in [0.29, 0.717) is 17.0 Å². The van der Waals surface area contributed by atoms with Gasteiger partial charge in [-0.25, -0.2) is 15.0 Å². The summed E-state index contributed by atoms with van der Waals surface area (Å²) in [6.45, 7) is 0. The molecule has 9 nitrogen and oxygen atoms in total. The molecule has 0 radical (unpaired) electrons. The zero-order valence-electron chi connectivity index (χ0n) is 13.4.